The van der Waals surface area contributed by atoms with Gasteiger partial charge in [-0.2, -0.15) is 0 Å². The van der Waals surface area contributed by atoms with Crippen LogP contribution in [0.5, 0.6) is 11.5 Å². The molecule has 0 aliphatic carbocycles. The second kappa shape index (κ2) is 8.64. The van der Waals surface area contributed by atoms with Crippen molar-refractivity contribution in [3.05, 3.63) is 87.6 Å². The number of quaternary nitrogens is 1. The molecule has 2 aliphatic heterocycles. The van der Waals surface area contributed by atoms with Crippen LogP contribution in [0.2, 0.25) is 0 Å². The van der Waals surface area contributed by atoms with Crippen LogP contribution in [0.4, 0.5) is 0 Å². The zero-order valence-electron chi connectivity index (χ0n) is 17.1. The highest BCUT2D eigenvalue weighted by Crippen LogP contribution is 2.46. The lowest BCUT2D eigenvalue weighted by Gasteiger charge is -2.33. The van der Waals surface area contributed by atoms with E-state index in [1.807, 2.05) is 6.07 Å². The number of methoxy groups -OCH3 is 1. The van der Waals surface area contributed by atoms with Gasteiger partial charge in [-0.25, -0.2) is 0 Å². The van der Waals surface area contributed by atoms with Crippen molar-refractivity contribution < 1.29 is 19.1 Å². The average Bonchev–Trinajstić information content (AvgIpc) is 3.34. The van der Waals surface area contributed by atoms with Gasteiger partial charge in [0.25, 0.3) is 0 Å². The van der Waals surface area contributed by atoms with E-state index in [4.69, 9.17) is 14.2 Å². The molecule has 2 aliphatic rings. The van der Waals surface area contributed by atoms with Crippen LogP contribution in [0.15, 0.2) is 71.6 Å². The van der Waals surface area contributed by atoms with Gasteiger partial charge in [0, 0.05) is 17.1 Å². The van der Waals surface area contributed by atoms with E-state index in [2.05, 4.69) is 60.0 Å². The van der Waals surface area contributed by atoms with Crippen LogP contribution >= 0.6 is 11.3 Å². The largest absolute Gasteiger partial charge is 0.497 e. The predicted molar refractivity (Wildman–Crippen MR) is 120 cm³/mol. The number of nitrogens with one attached hydrogen (secondary N) is 1. The molecule has 1 atom stereocenters. The number of hydrogen-bond acceptors (Lipinski definition) is 4. The zero-order valence-corrected chi connectivity index (χ0v) is 17.9. The summed E-state index contributed by atoms with van der Waals surface area (Å²) in [5.41, 5.74) is 3.84. The number of benzene rings is 2. The summed E-state index contributed by atoms with van der Waals surface area (Å²) in [7, 11) is 1.71. The number of thiophene rings is 1. The number of ether oxygens (including phenoxy) is 3. The molecule has 1 saturated heterocycles. The Morgan fingerprint density at radius 3 is 2.53 bits per heavy atom. The molecule has 4 nitrogen and oxygen atoms in total. The lowest BCUT2D eigenvalue weighted by molar-refractivity contribution is -0.903. The van der Waals surface area contributed by atoms with Crippen molar-refractivity contribution in [3.63, 3.8) is 0 Å². The highest BCUT2D eigenvalue weighted by atomic mass is 32.1. The smallest absolute Gasteiger partial charge is 0.150 e. The maximum absolute atomic E-state index is 6.55. The number of rotatable bonds is 5. The van der Waals surface area contributed by atoms with Crippen molar-refractivity contribution in [2.45, 2.75) is 5.92 Å². The van der Waals surface area contributed by atoms with Gasteiger partial charge < -0.3 is 19.1 Å². The van der Waals surface area contributed by atoms with Gasteiger partial charge in [0.15, 0.2) is 0 Å². The van der Waals surface area contributed by atoms with Gasteiger partial charge in [0.1, 0.15) is 36.9 Å². The minimum absolute atomic E-state index is 0.160. The fourth-order valence-electron chi connectivity index (χ4n) is 4.39. The van der Waals surface area contributed by atoms with Crippen molar-refractivity contribution in [2.75, 3.05) is 40.0 Å². The molecule has 1 unspecified atom stereocenters. The van der Waals surface area contributed by atoms with Gasteiger partial charge in [0.2, 0.25) is 0 Å². The second-order valence-electron chi connectivity index (χ2n) is 7.72. The van der Waals surface area contributed by atoms with E-state index in [1.54, 1.807) is 23.3 Å². The number of morpholine rings is 1. The third-order valence-electron chi connectivity index (χ3n) is 5.92. The second-order valence-corrected chi connectivity index (χ2v) is 8.66. The summed E-state index contributed by atoms with van der Waals surface area (Å²) in [5, 5.41) is 2.12. The summed E-state index contributed by atoms with van der Waals surface area (Å²) < 4.78 is 17.6. The van der Waals surface area contributed by atoms with Gasteiger partial charge in [-0.3, -0.25) is 0 Å². The minimum Gasteiger partial charge on any atom is -0.497 e. The van der Waals surface area contributed by atoms with E-state index in [9.17, 15) is 0 Å². The molecule has 0 saturated carbocycles. The third kappa shape index (κ3) is 3.76. The van der Waals surface area contributed by atoms with E-state index >= 15 is 0 Å². The van der Waals surface area contributed by atoms with Crippen LogP contribution < -0.4 is 14.4 Å². The minimum atomic E-state index is 0.160. The SMILES string of the molecule is COc1ccc(C2C(C[NH+]3CCOCC3)=C(c3cccs3)Oc3ccccc32)cc1. The van der Waals surface area contributed by atoms with Gasteiger partial charge in [-0.1, -0.05) is 36.4 Å². The quantitative estimate of drug-likeness (QED) is 0.684. The molecule has 2 aromatic carbocycles. The van der Waals surface area contributed by atoms with Crippen LogP contribution in [-0.4, -0.2) is 40.0 Å². The van der Waals surface area contributed by atoms with E-state index < -0.39 is 0 Å². The third-order valence-corrected chi connectivity index (χ3v) is 6.79. The first-order valence-electron chi connectivity index (χ1n) is 10.4. The molecule has 5 rings (SSSR count). The Bertz CT molecular complexity index is 1020. The molecule has 154 valence electrons. The molecule has 3 heterocycles. The lowest BCUT2D eigenvalue weighted by atomic mass is 9.81. The Balaban J connectivity index is 1.65. The summed E-state index contributed by atoms with van der Waals surface area (Å²) in [5.74, 6) is 3.00. The molecular weight excluding hydrogens is 394 g/mol. The highest BCUT2D eigenvalue weighted by Gasteiger charge is 2.34. The Morgan fingerprint density at radius 1 is 1.00 bits per heavy atom. The van der Waals surface area contributed by atoms with Crippen LogP contribution in [0.25, 0.3) is 5.76 Å². The topological polar surface area (TPSA) is 32.1 Å². The van der Waals surface area contributed by atoms with E-state index in [0.717, 1.165) is 50.1 Å². The number of hydrogen-bond donors (Lipinski definition) is 1. The maximum Gasteiger partial charge on any atom is 0.150 e. The summed E-state index contributed by atoms with van der Waals surface area (Å²) in [6.45, 7) is 4.64. The normalized spacial score (nSPS) is 19.3. The Morgan fingerprint density at radius 2 is 1.80 bits per heavy atom. The lowest BCUT2D eigenvalue weighted by Crippen LogP contribution is -3.14. The van der Waals surface area contributed by atoms with Gasteiger partial charge in [0.05, 0.1) is 25.2 Å². The van der Waals surface area contributed by atoms with Crippen molar-refractivity contribution in [2.24, 2.45) is 0 Å². The maximum atomic E-state index is 6.55. The molecule has 0 spiro atoms. The number of para-hydroxylation sites is 1. The Labute approximate surface area is 181 Å². The molecule has 1 aromatic heterocycles. The highest BCUT2D eigenvalue weighted by molar-refractivity contribution is 7.11. The predicted octanol–water partition coefficient (Wildman–Crippen LogP) is 3.61. The van der Waals surface area contributed by atoms with Crippen LogP contribution in [0, 0.1) is 0 Å². The van der Waals surface area contributed by atoms with Crippen molar-refractivity contribution >= 4 is 17.1 Å². The summed E-state index contributed by atoms with van der Waals surface area (Å²) in [4.78, 5) is 2.73. The van der Waals surface area contributed by atoms with E-state index in [1.165, 1.54) is 21.6 Å². The summed E-state index contributed by atoms with van der Waals surface area (Å²) >= 11 is 1.74. The van der Waals surface area contributed by atoms with Gasteiger partial charge in [-0.15, -0.1) is 11.3 Å². The molecule has 30 heavy (non-hydrogen) atoms. The first kappa shape index (κ1) is 19.4. The Kier molecular flexibility index (Phi) is 5.58. The van der Waals surface area contributed by atoms with E-state index in [-0.39, 0.29) is 5.92 Å². The Hall–Kier alpha value is -2.60. The van der Waals surface area contributed by atoms with E-state index in [0.29, 0.717) is 0 Å². The molecule has 0 radical (unpaired) electrons. The van der Waals surface area contributed by atoms with Crippen LogP contribution in [0.1, 0.15) is 21.9 Å². The zero-order chi connectivity index (χ0) is 20.3. The summed E-state index contributed by atoms with van der Waals surface area (Å²) in [6, 6.07) is 21.2. The molecule has 1 N–H and O–H groups in total. The molecule has 5 heteroatoms. The average molecular weight is 421 g/mol. The monoisotopic (exact) mass is 420 g/mol. The molecule has 3 aromatic rings. The van der Waals surface area contributed by atoms with Crippen molar-refractivity contribution in [1.29, 1.82) is 0 Å². The van der Waals surface area contributed by atoms with Gasteiger partial charge in [-0.05, 0) is 35.2 Å². The molecule has 1 fully saturated rings. The molecule has 0 amide bonds. The number of fused-ring (bicyclic) bond motifs is 1. The first-order valence-corrected chi connectivity index (χ1v) is 11.3. The first-order chi connectivity index (χ1) is 14.8. The van der Waals surface area contributed by atoms with Crippen LogP contribution in [-0.2, 0) is 4.74 Å². The fourth-order valence-corrected chi connectivity index (χ4v) is 5.13. The van der Waals surface area contributed by atoms with Crippen molar-refractivity contribution in [3.8, 4) is 11.5 Å². The van der Waals surface area contributed by atoms with Crippen LogP contribution in [0.3, 0.4) is 0 Å². The van der Waals surface area contributed by atoms with Gasteiger partial charge >= 0.3 is 0 Å². The molecule has 0 bridgehead atoms. The fraction of sp³-hybridized carbons (Fsp3) is 0.280. The standard InChI is InChI=1S/C25H25NO3S/c1-27-19-10-8-18(9-11-19)24-20-5-2-3-6-22(20)29-25(23-7-4-16-30-23)21(24)17-26-12-14-28-15-13-26/h2-11,16,24H,12-15,17H2,1H3/p+1. The molecular formula is C25H26NO3S+. The van der Waals surface area contributed by atoms with Crippen molar-refractivity contribution in [1.82, 2.24) is 0 Å². The summed E-state index contributed by atoms with van der Waals surface area (Å²) in [6.07, 6.45) is 0.